The van der Waals surface area contributed by atoms with Gasteiger partial charge in [0.25, 0.3) is 0 Å². The first kappa shape index (κ1) is 11.5. The van der Waals surface area contributed by atoms with Gasteiger partial charge in [0, 0.05) is 30.5 Å². The van der Waals surface area contributed by atoms with Gasteiger partial charge >= 0.3 is 0 Å². The minimum atomic E-state index is 0.713. The maximum absolute atomic E-state index is 10.6. The van der Waals surface area contributed by atoms with Gasteiger partial charge < -0.3 is 9.88 Å². The Morgan fingerprint density at radius 3 is 2.80 bits per heavy atom. The lowest BCUT2D eigenvalue weighted by Crippen LogP contribution is -2.12. The van der Waals surface area contributed by atoms with Crippen LogP contribution in [-0.4, -0.2) is 23.8 Å². The lowest BCUT2D eigenvalue weighted by molar-refractivity contribution is -0.109. The van der Waals surface area contributed by atoms with Crippen LogP contribution in [0, 0.1) is 6.92 Å². The van der Waals surface area contributed by atoms with Gasteiger partial charge in [-0.25, -0.2) is 0 Å². The molecule has 0 aliphatic rings. The Morgan fingerprint density at radius 2 is 2.20 bits per heavy atom. The summed E-state index contributed by atoms with van der Waals surface area (Å²) >= 11 is 0. The molecule has 0 bridgehead atoms. The molecule has 1 aromatic rings. The second-order valence-electron chi connectivity index (χ2n) is 3.45. The van der Waals surface area contributed by atoms with Gasteiger partial charge in [-0.05, 0) is 25.8 Å². The molecule has 0 saturated carbocycles. The Bertz CT molecular complexity index is 331. The van der Waals surface area contributed by atoms with Crippen molar-refractivity contribution in [2.75, 3.05) is 6.54 Å². The highest BCUT2D eigenvalue weighted by molar-refractivity contribution is 5.76. The summed E-state index contributed by atoms with van der Waals surface area (Å²) in [6.07, 6.45) is 5.46. The van der Waals surface area contributed by atoms with Gasteiger partial charge in [0.15, 0.2) is 6.29 Å². The Hall–Kier alpha value is -1.58. The molecule has 4 heteroatoms. The standard InChI is InChI=1S/C11H16N2O2/c1-10-11(8-14)4-7-13(10)6-3-2-5-12-9-15/h4,7-9H,2-3,5-6H2,1H3,(H,12,15). The van der Waals surface area contributed by atoms with E-state index in [1.54, 1.807) is 0 Å². The smallest absolute Gasteiger partial charge is 0.207 e. The van der Waals surface area contributed by atoms with Gasteiger partial charge in [0.2, 0.25) is 6.41 Å². The lowest BCUT2D eigenvalue weighted by Gasteiger charge is -2.05. The summed E-state index contributed by atoms with van der Waals surface area (Å²) in [4.78, 5) is 20.6. The summed E-state index contributed by atoms with van der Waals surface area (Å²) in [5.74, 6) is 0. The van der Waals surface area contributed by atoms with E-state index in [1.807, 2.05) is 19.2 Å². The highest BCUT2D eigenvalue weighted by Gasteiger charge is 2.02. The van der Waals surface area contributed by atoms with E-state index >= 15 is 0 Å². The third kappa shape index (κ3) is 3.23. The van der Waals surface area contributed by atoms with Crippen LogP contribution in [0.4, 0.5) is 0 Å². The molecular weight excluding hydrogens is 192 g/mol. The van der Waals surface area contributed by atoms with Crippen molar-refractivity contribution in [2.45, 2.75) is 26.3 Å². The predicted molar refractivity (Wildman–Crippen MR) is 57.9 cm³/mol. The minimum Gasteiger partial charge on any atom is -0.359 e. The zero-order chi connectivity index (χ0) is 11.1. The van der Waals surface area contributed by atoms with Gasteiger partial charge in [0.1, 0.15) is 0 Å². The number of aldehydes is 1. The van der Waals surface area contributed by atoms with Gasteiger partial charge in [-0.2, -0.15) is 0 Å². The molecule has 0 unspecified atom stereocenters. The van der Waals surface area contributed by atoms with E-state index in [0.717, 1.165) is 36.9 Å². The first-order chi connectivity index (χ1) is 7.29. The zero-order valence-electron chi connectivity index (χ0n) is 8.90. The second-order valence-corrected chi connectivity index (χ2v) is 3.45. The van der Waals surface area contributed by atoms with Crippen LogP contribution in [0.2, 0.25) is 0 Å². The fourth-order valence-electron chi connectivity index (χ4n) is 1.50. The van der Waals surface area contributed by atoms with E-state index in [1.165, 1.54) is 0 Å². The summed E-state index contributed by atoms with van der Waals surface area (Å²) in [7, 11) is 0. The number of hydrogen-bond donors (Lipinski definition) is 1. The van der Waals surface area contributed by atoms with Crippen LogP contribution in [0.15, 0.2) is 12.3 Å². The predicted octanol–water partition coefficient (Wildman–Crippen LogP) is 1.14. The number of rotatable bonds is 7. The fourth-order valence-corrected chi connectivity index (χ4v) is 1.50. The Morgan fingerprint density at radius 1 is 1.40 bits per heavy atom. The number of carbonyl (C=O) groups excluding carboxylic acids is 2. The molecule has 0 radical (unpaired) electrons. The molecule has 0 fully saturated rings. The molecule has 0 aliphatic heterocycles. The average molecular weight is 208 g/mol. The van der Waals surface area contributed by atoms with Crippen molar-refractivity contribution in [1.82, 2.24) is 9.88 Å². The molecule has 1 aromatic heterocycles. The summed E-state index contributed by atoms with van der Waals surface area (Å²) in [6.45, 7) is 3.54. The lowest BCUT2D eigenvalue weighted by atomic mass is 10.3. The monoisotopic (exact) mass is 208 g/mol. The number of nitrogens with one attached hydrogen (secondary N) is 1. The Kier molecular flexibility index (Phi) is 4.60. The molecule has 1 N–H and O–H groups in total. The topological polar surface area (TPSA) is 51.1 Å². The van der Waals surface area contributed by atoms with Gasteiger partial charge in [0.05, 0.1) is 0 Å². The van der Waals surface area contributed by atoms with E-state index in [9.17, 15) is 9.59 Å². The molecular formula is C11H16N2O2. The van der Waals surface area contributed by atoms with E-state index in [0.29, 0.717) is 13.0 Å². The quantitative estimate of drug-likeness (QED) is 0.539. The van der Waals surface area contributed by atoms with Gasteiger partial charge in [-0.15, -0.1) is 0 Å². The Labute approximate surface area is 89.3 Å². The normalized spacial score (nSPS) is 9.93. The third-order valence-corrected chi connectivity index (χ3v) is 2.46. The first-order valence-corrected chi connectivity index (χ1v) is 5.07. The molecule has 1 rings (SSSR count). The van der Waals surface area contributed by atoms with E-state index < -0.39 is 0 Å². The molecule has 82 valence electrons. The van der Waals surface area contributed by atoms with Gasteiger partial charge in [-0.1, -0.05) is 0 Å². The molecule has 15 heavy (non-hydrogen) atoms. The summed E-state index contributed by atoms with van der Waals surface area (Å²) in [5.41, 5.74) is 1.76. The van der Waals surface area contributed by atoms with Crippen molar-refractivity contribution in [3.63, 3.8) is 0 Å². The highest BCUT2D eigenvalue weighted by atomic mass is 16.1. The number of aryl methyl sites for hydroxylation is 1. The van der Waals surface area contributed by atoms with Crippen LogP contribution < -0.4 is 5.32 Å². The maximum atomic E-state index is 10.6. The summed E-state index contributed by atoms with van der Waals surface area (Å²) in [5, 5.41) is 2.62. The largest absolute Gasteiger partial charge is 0.359 e. The SMILES string of the molecule is Cc1c(C=O)ccn1CCCCNC=O. The molecule has 0 aromatic carbocycles. The van der Waals surface area contributed by atoms with Crippen LogP contribution in [0.25, 0.3) is 0 Å². The van der Waals surface area contributed by atoms with Crippen molar-refractivity contribution >= 4 is 12.7 Å². The highest BCUT2D eigenvalue weighted by Crippen LogP contribution is 2.08. The van der Waals surface area contributed by atoms with Crippen LogP contribution >= 0.6 is 0 Å². The van der Waals surface area contributed by atoms with Crippen molar-refractivity contribution in [1.29, 1.82) is 0 Å². The average Bonchev–Trinajstić information content (AvgIpc) is 2.60. The molecule has 0 saturated heterocycles. The number of aromatic nitrogens is 1. The van der Waals surface area contributed by atoms with Gasteiger partial charge in [-0.3, -0.25) is 9.59 Å². The third-order valence-electron chi connectivity index (χ3n) is 2.46. The van der Waals surface area contributed by atoms with Crippen LogP contribution in [0.3, 0.4) is 0 Å². The van der Waals surface area contributed by atoms with Crippen molar-refractivity contribution < 1.29 is 9.59 Å². The second kappa shape index (κ2) is 6.01. The van der Waals surface area contributed by atoms with Crippen LogP contribution in [-0.2, 0) is 11.3 Å². The minimum absolute atomic E-state index is 0.713. The van der Waals surface area contributed by atoms with E-state index in [4.69, 9.17) is 0 Å². The van der Waals surface area contributed by atoms with Crippen molar-refractivity contribution in [2.24, 2.45) is 0 Å². The number of unbranched alkanes of at least 4 members (excludes halogenated alkanes) is 1. The maximum Gasteiger partial charge on any atom is 0.207 e. The van der Waals surface area contributed by atoms with E-state index in [-0.39, 0.29) is 0 Å². The molecule has 1 heterocycles. The molecule has 4 nitrogen and oxygen atoms in total. The number of carbonyl (C=O) groups is 2. The molecule has 1 amide bonds. The number of amides is 1. The first-order valence-electron chi connectivity index (χ1n) is 5.07. The van der Waals surface area contributed by atoms with E-state index in [2.05, 4.69) is 9.88 Å². The van der Waals surface area contributed by atoms with Crippen molar-refractivity contribution in [3.8, 4) is 0 Å². The fraction of sp³-hybridized carbons (Fsp3) is 0.455. The summed E-state index contributed by atoms with van der Waals surface area (Å²) in [6, 6.07) is 1.83. The molecule has 0 spiro atoms. The molecule has 0 aliphatic carbocycles. The van der Waals surface area contributed by atoms with Crippen LogP contribution in [0.1, 0.15) is 28.9 Å². The molecule has 0 atom stereocenters. The number of nitrogens with zero attached hydrogens (tertiary/aromatic N) is 1. The zero-order valence-corrected chi connectivity index (χ0v) is 8.90. The van der Waals surface area contributed by atoms with Crippen LogP contribution in [0.5, 0.6) is 0 Å². The van der Waals surface area contributed by atoms with Crippen molar-refractivity contribution in [3.05, 3.63) is 23.5 Å². The number of hydrogen-bond acceptors (Lipinski definition) is 2. The Balaban J connectivity index is 2.34. The summed E-state index contributed by atoms with van der Waals surface area (Å²) < 4.78 is 2.06.